The molecule has 0 bridgehead atoms. The van der Waals surface area contributed by atoms with Crippen LogP contribution in [0.4, 0.5) is 13.2 Å². The topological polar surface area (TPSA) is 53.3 Å². The van der Waals surface area contributed by atoms with Gasteiger partial charge in [-0.3, -0.25) is 4.79 Å². The van der Waals surface area contributed by atoms with Crippen LogP contribution in [-0.2, 0) is 6.18 Å². The highest BCUT2D eigenvalue weighted by atomic mass is 32.1. The molecule has 2 aromatic rings. The molecule has 0 aliphatic rings. The molecule has 0 radical (unpaired) electrons. The van der Waals surface area contributed by atoms with Gasteiger partial charge in [-0.15, -0.1) is 0 Å². The summed E-state index contributed by atoms with van der Waals surface area (Å²) in [5.74, 6) is -0.747. The Hall–Kier alpha value is -2.92. The van der Waals surface area contributed by atoms with Gasteiger partial charge in [0, 0.05) is 19.7 Å². The lowest BCUT2D eigenvalue weighted by atomic mass is 9.99. The van der Waals surface area contributed by atoms with Crippen LogP contribution in [-0.4, -0.2) is 30.0 Å². The van der Waals surface area contributed by atoms with Crippen molar-refractivity contribution >= 4 is 23.2 Å². The third-order valence-corrected chi connectivity index (χ3v) is 3.84. The number of ketones is 1. The Labute approximate surface area is 153 Å². The normalized spacial score (nSPS) is 10.8. The number of hydrogen-bond acceptors (Lipinski definition) is 4. The second-order valence-corrected chi connectivity index (χ2v) is 5.84. The molecule has 0 saturated carbocycles. The van der Waals surface area contributed by atoms with Crippen LogP contribution in [0.5, 0.6) is 5.75 Å². The summed E-state index contributed by atoms with van der Waals surface area (Å²) in [6, 6.07) is 10.1. The molecule has 0 aliphatic carbocycles. The summed E-state index contributed by atoms with van der Waals surface area (Å²) < 4.78 is 44.5. The van der Waals surface area contributed by atoms with Gasteiger partial charge in [0.05, 0.1) is 22.8 Å². The number of halogens is 3. The van der Waals surface area contributed by atoms with Crippen molar-refractivity contribution < 1.29 is 22.7 Å². The monoisotopic (exact) mass is 378 g/mol. The average molecular weight is 378 g/mol. The molecular formula is C18H13F3N2O2S. The van der Waals surface area contributed by atoms with E-state index in [1.54, 1.807) is 14.1 Å². The quantitative estimate of drug-likeness (QED) is 0.596. The van der Waals surface area contributed by atoms with E-state index in [4.69, 9.17) is 22.2 Å². The minimum atomic E-state index is -4.61. The number of rotatable bonds is 3. The summed E-state index contributed by atoms with van der Waals surface area (Å²) in [5.41, 5.74) is -0.786. The molecule has 0 saturated heterocycles. The van der Waals surface area contributed by atoms with Gasteiger partial charge < -0.3 is 9.64 Å². The standard InChI is InChI=1S/C18H13F3N2O2S/c1-23(2)17(26)25-15-8-7-13(18(19,20)21)9-14(15)16(24)12-5-3-11(10-22)4-6-12/h3-9H,1-2H3. The molecule has 0 heterocycles. The highest BCUT2D eigenvalue weighted by molar-refractivity contribution is 7.80. The molecule has 26 heavy (non-hydrogen) atoms. The minimum absolute atomic E-state index is 0.00126. The number of benzene rings is 2. The van der Waals surface area contributed by atoms with Crippen LogP contribution in [0.15, 0.2) is 42.5 Å². The Kier molecular flexibility index (Phi) is 5.63. The maximum Gasteiger partial charge on any atom is 0.416 e. The van der Waals surface area contributed by atoms with E-state index in [0.29, 0.717) is 5.56 Å². The van der Waals surface area contributed by atoms with Crippen LogP contribution in [0, 0.1) is 11.3 Å². The van der Waals surface area contributed by atoms with E-state index in [1.807, 2.05) is 6.07 Å². The smallest absolute Gasteiger partial charge is 0.416 e. The SMILES string of the molecule is CN(C)C(=S)Oc1ccc(C(F)(F)F)cc1C(=O)c1ccc(C#N)cc1. The van der Waals surface area contributed by atoms with E-state index >= 15 is 0 Å². The van der Waals surface area contributed by atoms with Gasteiger partial charge in [0.15, 0.2) is 5.78 Å². The van der Waals surface area contributed by atoms with Gasteiger partial charge in [0.2, 0.25) is 0 Å². The fraction of sp³-hybridized carbons (Fsp3) is 0.167. The summed E-state index contributed by atoms with van der Waals surface area (Å²) >= 11 is 5.00. The highest BCUT2D eigenvalue weighted by Crippen LogP contribution is 2.33. The number of thiocarbonyl (C=S) groups is 1. The van der Waals surface area contributed by atoms with Gasteiger partial charge in [-0.05, 0) is 54.7 Å². The predicted octanol–water partition coefficient (Wildman–Crippen LogP) is 4.03. The van der Waals surface area contributed by atoms with Gasteiger partial charge in [0.1, 0.15) is 5.75 Å². The number of nitriles is 1. The first-order chi connectivity index (χ1) is 12.1. The van der Waals surface area contributed by atoms with Crippen molar-refractivity contribution in [3.63, 3.8) is 0 Å². The van der Waals surface area contributed by atoms with Crippen LogP contribution >= 0.6 is 12.2 Å². The summed E-state index contributed by atoms with van der Waals surface area (Å²) in [5, 5.41) is 8.81. The second kappa shape index (κ2) is 7.54. The minimum Gasteiger partial charge on any atom is -0.431 e. The van der Waals surface area contributed by atoms with Gasteiger partial charge in [-0.1, -0.05) is 0 Å². The number of nitrogens with zero attached hydrogens (tertiary/aromatic N) is 2. The van der Waals surface area contributed by atoms with Crippen LogP contribution in [0.3, 0.4) is 0 Å². The van der Waals surface area contributed by atoms with Crippen molar-refractivity contribution in [2.45, 2.75) is 6.18 Å². The van der Waals surface area contributed by atoms with E-state index in [2.05, 4.69) is 0 Å². The zero-order valence-corrected chi connectivity index (χ0v) is 14.6. The number of hydrogen-bond donors (Lipinski definition) is 0. The Bertz CT molecular complexity index is 885. The van der Waals surface area contributed by atoms with Gasteiger partial charge in [0.25, 0.3) is 5.17 Å². The van der Waals surface area contributed by atoms with Crippen LogP contribution in [0.1, 0.15) is 27.0 Å². The van der Waals surface area contributed by atoms with Crippen molar-refractivity contribution in [2.75, 3.05) is 14.1 Å². The summed E-state index contributed by atoms with van der Waals surface area (Å²) in [4.78, 5) is 14.2. The first kappa shape index (κ1) is 19.4. The van der Waals surface area contributed by atoms with Crippen LogP contribution < -0.4 is 4.74 Å². The van der Waals surface area contributed by atoms with Crippen molar-refractivity contribution in [1.82, 2.24) is 4.90 Å². The molecule has 0 spiro atoms. The first-order valence-electron chi connectivity index (χ1n) is 7.28. The lowest BCUT2D eigenvalue weighted by Gasteiger charge is -2.17. The molecule has 0 fully saturated rings. The third kappa shape index (κ3) is 4.37. The highest BCUT2D eigenvalue weighted by Gasteiger charge is 2.32. The molecule has 0 unspecified atom stereocenters. The Morgan fingerprint density at radius 2 is 1.77 bits per heavy atom. The Balaban J connectivity index is 2.52. The Morgan fingerprint density at radius 1 is 1.15 bits per heavy atom. The molecule has 0 aromatic heterocycles. The molecule has 134 valence electrons. The molecule has 0 N–H and O–H groups in total. The van der Waals surface area contributed by atoms with Gasteiger partial charge in [-0.25, -0.2) is 0 Å². The number of alkyl halides is 3. The second-order valence-electron chi connectivity index (χ2n) is 5.49. The molecule has 2 aromatic carbocycles. The van der Waals surface area contributed by atoms with E-state index in [0.717, 1.165) is 18.2 Å². The molecular weight excluding hydrogens is 365 g/mol. The maximum atomic E-state index is 13.0. The molecule has 8 heteroatoms. The van der Waals surface area contributed by atoms with Crippen molar-refractivity contribution in [3.05, 3.63) is 64.7 Å². The molecule has 4 nitrogen and oxygen atoms in total. The number of carbonyl (C=O) groups excluding carboxylic acids is 1. The number of ether oxygens (including phenoxy) is 1. The molecule has 0 atom stereocenters. The Morgan fingerprint density at radius 3 is 2.27 bits per heavy atom. The molecule has 0 amide bonds. The van der Waals surface area contributed by atoms with E-state index < -0.39 is 17.5 Å². The molecule has 2 rings (SSSR count). The molecule has 0 aliphatic heterocycles. The van der Waals surface area contributed by atoms with E-state index in [-0.39, 0.29) is 22.1 Å². The zero-order chi connectivity index (χ0) is 19.5. The largest absolute Gasteiger partial charge is 0.431 e. The van der Waals surface area contributed by atoms with Gasteiger partial charge in [-0.2, -0.15) is 18.4 Å². The van der Waals surface area contributed by atoms with Crippen LogP contribution in [0.25, 0.3) is 0 Å². The van der Waals surface area contributed by atoms with Crippen molar-refractivity contribution in [1.29, 1.82) is 5.26 Å². The summed E-state index contributed by atoms with van der Waals surface area (Å²) in [6.45, 7) is 0. The lowest BCUT2D eigenvalue weighted by molar-refractivity contribution is -0.137. The van der Waals surface area contributed by atoms with Gasteiger partial charge >= 0.3 is 6.18 Å². The zero-order valence-electron chi connectivity index (χ0n) is 13.8. The predicted molar refractivity (Wildman–Crippen MR) is 92.9 cm³/mol. The first-order valence-corrected chi connectivity index (χ1v) is 7.69. The summed E-state index contributed by atoms with van der Waals surface area (Å²) in [7, 11) is 3.21. The number of carbonyl (C=O) groups is 1. The summed E-state index contributed by atoms with van der Waals surface area (Å²) in [6.07, 6.45) is -4.61. The van der Waals surface area contributed by atoms with E-state index in [9.17, 15) is 18.0 Å². The fourth-order valence-electron chi connectivity index (χ4n) is 2.01. The van der Waals surface area contributed by atoms with Crippen molar-refractivity contribution in [2.24, 2.45) is 0 Å². The lowest BCUT2D eigenvalue weighted by Crippen LogP contribution is -2.26. The van der Waals surface area contributed by atoms with E-state index in [1.165, 1.54) is 29.2 Å². The maximum absolute atomic E-state index is 13.0. The fourth-order valence-corrected chi connectivity index (χ4v) is 2.10. The average Bonchev–Trinajstić information content (AvgIpc) is 2.60. The third-order valence-electron chi connectivity index (χ3n) is 3.39. The van der Waals surface area contributed by atoms with Crippen molar-refractivity contribution in [3.8, 4) is 11.8 Å². The van der Waals surface area contributed by atoms with Crippen LogP contribution in [0.2, 0.25) is 0 Å².